The number of carboxylic acids is 2. The monoisotopic (exact) mass is 1140 g/mol. The number of H-pyrrole nitrogens is 1. The van der Waals surface area contributed by atoms with Crippen LogP contribution in [0.3, 0.4) is 0 Å². The van der Waals surface area contributed by atoms with Crippen LogP contribution in [0.1, 0.15) is 104 Å². The van der Waals surface area contributed by atoms with Gasteiger partial charge in [0.15, 0.2) is 11.9 Å². The molecule has 1 aliphatic carbocycles. The number of nitrogens with two attached hydrogens (primary N) is 4. The molecule has 1 aliphatic heterocycles. The first-order valence-electron chi connectivity index (χ1n) is 25.3. The molecule has 1 spiro atoms. The van der Waals surface area contributed by atoms with Crippen LogP contribution in [0.5, 0.6) is 0 Å². The van der Waals surface area contributed by atoms with Gasteiger partial charge in [-0.25, -0.2) is 4.98 Å². The lowest BCUT2D eigenvalue weighted by atomic mass is 9.85. The predicted molar refractivity (Wildman–Crippen MR) is 287 cm³/mol. The van der Waals surface area contributed by atoms with Crippen molar-refractivity contribution in [1.29, 1.82) is 0 Å². The van der Waals surface area contributed by atoms with Crippen molar-refractivity contribution in [1.82, 2.24) is 57.8 Å². The Balaban J connectivity index is 2.10. The standard InChI is InChI=1S/C46H75N17O13S2/c1-24(2)15-29-39(71)61-28(10-8-14-53-45(49)50)38(70)63-32(42(74)57-25(3)43(75)76)22-77-78-46(11-5-4-6-12-46)18-33(64)54-20-34(65)58-30(16-26-19-51-23-56-26)40(72)60-27(9-7-13-52-44(47)48)37(69)55-21-35(66)59-31(17-36(67)68)41(73)62-29/h19,23-25,27-32H,4-18,20-22H2,1-3H3,(H,51,56)(H,54,64)(H,55,69)(H,57,74)(H,58,65)(H,59,66)(H,60,72)(H,61,71)(H,62,73)(H,63,70)(H,67,68)(H,75,76)(H4,47,48,52)(H4,49,50,53)/t25-,27-,28-,29-,30-,31-,32-/m0/s1. The summed E-state index contributed by atoms with van der Waals surface area (Å²) in [6.07, 6.45) is 4.89. The fourth-order valence-electron chi connectivity index (χ4n) is 8.13. The molecule has 3 rings (SSSR count). The van der Waals surface area contributed by atoms with E-state index in [4.69, 9.17) is 22.9 Å². The molecule has 1 aromatic rings. The van der Waals surface area contributed by atoms with E-state index in [-0.39, 0.29) is 81.6 Å². The van der Waals surface area contributed by atoms with Crippen molar-refractivity contribution in [3.05, 3.63) is 18.2 Å². The third-order valence-corrected chi connectivity index (χ3v) is 15.4. The van der Waals surface area contributed by atoms with Crippen molar-refractivity contribution in [2.75, 3.05) is 31.9 Å². The molecule has 0 bridgehead atoms. The van der Waals surface area contributed by atoms with Crippen LogP contribution in [0, 0.1) is 5.92 Å². The van der Waals surface area contributed by atoms with Gasteiger partial charge >= 0.3 is 11.9 Å². The molecule has 7 atom stereocenters. The Bertz CT molecular complexity index is 2310. The molecule has 0 aromatic carbocycles. The normalized spacial score (nSPS) is 23.3. The van der Waals surface area contributed by atoms with E-state index in [1.165, 1.54) is 30.2 Å². The molecule has 30 nitrogen and oxygen atoms in total. The Hall–Kier alpha value is -7.38. The largest absolute Gasteiger partial charge is 0.481 e. The SMILES string of the molecule is CC(C)C[C@@H]1NC(=O)[C@H](CC(=O)O)NC(=O)CNC(=O)[C@H](CCCN=C(N)N)NC(=O)[C@H](Cc2cnc[nH]2)NC(=O)CNC(=O)CC2(CCCCC2)SSC[C@@H](C(=O)N[C@@H](C)C(=O)O)NC(=O)[C@H](CCCN=C(N)N)NC1=O. The van der Waals surface area contributed by atoms with Gasteiger partial charge in [-0.1, -0.05) is 54.7 Å². The Labute approximate surface area is 458 Å². The number of hydrogen-bond donors (Lipinski definition) is 16. The van der Waals surface area contributed by atoms with Gasteiger partial charge in [-0.3, -0.25) is 62.7 Å². The minimum absolute atomic E-state index is 0.000743. The molecule has 1 saturated heterocycles. The van der Waals surface area contributed by atoms with Gasteiger partial charge in [0.2, 0.25) is 53.2 Å². The van der Waals surface area contributed by atoms with E-state index in [1.54, 1.807) is 13.8 Å². The number of nitrogens with zero attached hydrogens (tertiary/aromatic N) is 3. The Morgan fingerprint density at radius 1 is 0.705 bits per heavy atom. The second-order valence-electron chi connectivity index (χ2n) is 19.2. The maximum atomic E-state index is 14.3. The molecular formula is C46H75N17O13S2. The molecule has 2 fully saturated rings. The van der Waals surface area contributed by atoms with Crippen LogP contribution < -0.4 is 70.8 Å². The molecule has 434 valence electrons. The van der Waals surface area contributed by atoms with Crippen LogP contribution in [0.2, 0.25) is 0 Å². The molecule has 2 heterocycles. The maximum absolute atomic E-state index is 14.3. The van der Waals surface area contributed by atoms with Crippen molar-refractivity contribution < 1.29 is 63.0 Å². The van der Waals surface area contributed by atoms with Gasteiger partial charge in [-0.05, 0) is 57.8 Å². The fourth-order valence-corrected chi connectivity index (χ4v) is 11.5. The zero-order valence-corrected chi connectivity index (χ0v) is 45.5. The summed E-state index contributed by atoms with van der Waals surface area (Å²) in [5.41, 5.74) is 22.3. The lowest BCUT2D eigenvalue weighted by molar-refractivity contribution is -0.142. The summed E-state index contributed by atoms with van der Waals surface area (Å²) in [7, 11) is 2.42. The number of imidazole rings is 1. The number of carbonyl (C=O) groups excluding carboxylic acids is 9. The minimum atomic E-state index is -1.83. The molecule has 0 unspecified atom stereocenters. The second kappa shape index (κ2) is 33.0. The maximum Gasteiger partial charge on any atom is 0.325 e. The highest BCUT2D eigenvalue weighted by Gasteiger charge is 2.38. The highest BCUT2D eigenvalue weighted by Crippen LogP contribution is 2.48. The minimum Gasteiger partial charge on any atom is -0.481 e. The Morgan fingerprint density at radius 3 is 1.79 bits per heavy atom. The molecule has 1 saturated carbocycles. The van der Waals surface area contributed by atoms with E-state index in [9.17, 15) is 63.0 Å². The predicted octanol–water partition coefficient (Wildman–Crippen LogP) is -4.20. The topological polar surface area (TPSA) is 494 Å². The molecular weight excluding hydrogens is 1060 g/mol. The number of hydrogen-bond acceptors (Lipinski definition) is 16. The number of aromatic amines is 1. The lowest BCUT2D eigenvalue weighted by Gasteiger charge is -2.36. The van der Waals surface area contributed by atoms with Gasteiger partial charge in [0.25, 0.3) is 0 Å². The van der Waals surface area contributed by atoms with E-state index in [0.29, 0.717) is 18.5 Å². The zero-order chi connectivity index (χ0) is 58.0. The van der Waals surface area contributed by atoms with E-state index in [1.807, 2.05) is 0 Å². The number of aliphatic carboxylic acids is 2. The average molecular weight is 1140 g/mol. The summed E-state index contributed by atoms with van der Waals surface area (Å²) in [5.74, 6) is -11.8. The Morgan fingerprint density at radius 2 is 1.24 bits per heavy atom. The molecule has 1 aromatic heterocycles. The van der Waals surface area contributed by atoms with E-state index in [2.05, 4.69) is 67.8 Å². The van der Waals surface area contributed by atoms with Gasteiger partial charge in [-0.2, -0.15) is 0 Å². The summed E-state index contributed by atoms with van der Waals surface area (Å²) in [4.78, 5) is 163. The highest BCUT2D eigenvalue weighted by atomic mass is 33.1. The number of amides is 9. The van der Waals surface area contributed by atoms with Crippen molar-refractivity contribution in [2.45, 2.75) is 151 Å². The molecule has 9 amide bonds. The molecule has 32 heteroatoms. The van der Waals surface area contributed by atoms with E-state index < -0.39 is 132 Å². The summed E-state index contributed by atoms with van der Waals surface area (Å²) in [6.45, 7) is 3.25. The van der Waals surface area contributed by atoms with E-state index in [0.717, 1.165) is 30.1 Å². The van der Waals surface area contributed by atoms with Gasteiger partial charge in [0.1, 0.15) is 42.3 Å². The van der Waals surface area contributed by atoms with Gasteiger partial charge in [-0.15, -0.1) is 0 Å². The molecule has 78 heavy (non-hydrogen) atoms. The summed E-state index contributed by atoms with van der Waals surface area (Å²) in [5, 5.41) is 41.9. The number of aliphatic imine (C=N–C) groups is 2. The first-order valence-corrected chi connectivity index (χ1v) is 27.7. The molecule has 2 aliphatic rings. The van der Waals surface area contributed by atoms with Gasteiger partial charge in [0, 0.05) is 48.3 Å². The highest BCUT2D eigenvalue weighted by molar-refractivity contribution is 8.77. The Kier molecular flexibility index (Phi) is 27.5. The zero-order valence-electron chi connectivity index (χ0n) is 43.9. The van der Waals surface area contributed by atoms with Crippen molar-refractivity contribution in [3.63, 3.8) is 0 Å². The van der Waals surface area contributed by atoms with Crippen LogP contribution in [0.25, 0.3) is 0 Å². The number of rotatable bonds is 17. The number of guanidine groups is 2. The lowest BCUT2D eigenvalue weighted by Crippen LogP contribution is -2.59. The smallest absolute Gasteiger partial charge is 0.325 e. The average Bonchev–Trinajstić information content (AvgIpc) is 3.88. The van der Waals surface area contributed by atoms with Crippen molar-refractivity contribution in [2.24, 2.45) is 38.8 Å². The van der Waals surface area contributed by atoms with Gasteiger partial charge in [0.05, 0.1) is 25.8 Å². The van der Waals surface area contributed by atoms with Crippen LogP contribution in [0.4, 0.5) is 0 Å². The van der Waals surface area contributed by atoms with Crippen LogP contribution in [-0.2, 0) is 59.2 Å². The van der Waals surface area contributed by atoms with Crippen molar-refractivity contribution >= 4 is 98.6 Å². The van der Waals surface area contributed by atoms with Gasteiger partial charge < -0.3 is 86.0 Å². The van der Waals surface area contributed by atoms with E-state index >= 15 is 0 Å². The van der Waals surface area contributed by atoms with Crippen LogP contribution >= 0.6 is 21.6 Å². The third kappa shape index (κ3) is 24.3. The van der Waals surface area contributed by atoms with Crippen LogP contribution in [-0.4, -0.2) is 176 Å². The summed E-state index contributed by atoms with van der Waals surface area (Å²) < 4.78 is -0.731. The first kappa shape index (κ1) is 64.9. The fraction of sp³-hybridized carbons (Fsp3) is 0.652. The summed E-state index contributed by atoms with van der Waals surface area (Å²) in [6, 6.07) is -10.3. The first-order chi connectivity index (χ1) is 36.9. The molecule has 20 N–H and O–H groups in total. The second-order valence-corrected chi connectivity index (χ2v) is 22.1. The summed E-state index contributed by atoms with van der Waals surface area (Å²) >= 11 is 0. The number of carbonyl (C=O) groups is 11. The van der Waals surface area contributed by atoms with Crippen molar-refractivity contribution in [3.8, 4) is 0 Å². The number of nitrogens with one attached hydrogen (secondary N) is 10. The number of carboxylic acid groups (broad SMARTS) is 2. The number of aromatic nitrogens is 2. The molecule has 0 radical (unpaired) electrons. The third-order valence-electron chi connectivity index (χ3n) is 12.1. The quantitative estimate of drug-likeness (QED) is 0.0304. The van der Waals surface area contributed by atoms with Crippen LogP contribution in [0.15, 0.2) is 22.5 Å².